The molecule has 0 aromatic carbocycles. The number of hydrogen-bond acceptors (Lipinski definition) is 4. The zero-order chi connectivity index (χ0) is 16.4. The zero-order valence-corrected chi connectivity index (χ0v) is 15.2. The van der Waals surface area contributed by atoms with Gasteiger partial charge < -0.3 is 15.7 Å². The van der Waals surface area contributed by atoms with Crippen molar-refractivity contribution < 1.29 is 5.11 Å². The second-order valence-corrected chi connectivity index (χ2v) is 8.21. The lowest BCUT2D eigenvalue weighted by atomic mass is 10.2. The van der Waals surface area contributed by atoms with E-state index in [9.17, 15) is 5.11 Å². The summed E-state index contributed by atoms with van der Waals surface area (Å²) >= 11 is 7.32. The van der Waals surface area contributed by atoms with Crippen molar-refractivity contribution in [2.45, 2.75) is 50.4 Å². The van der Waals surface area contributed by atoms with E-state index in [1.54, 1.807) is 7.05 Å². The number of rotatable bonds is 5. The first kappa shape index (κ1) is 17.0. The third-order valence-corrected chi connectivity index (χ3v) is 5.92. The van der Waals surface area contributed by atoms with Crippen LogP contribution in [0.2, 0.25) is 4.34 Å². The standard InChI is InChI=1S/C16H25ClN4OS/c1-10-7-11(9-21(10)12-3-4-12)20-16(18-2)19-8-13(22)14-5-6-15(17)23-14/h5-6,10-13,22H,3-4,7-9H2,1-2H3,(H2,18,19,20). The number of aliphatic hydroxyl groups is 1. The minimum atomic E-state index is -0.573. The summed E-state index contributed by atoms with van der Waals surface area (Å²) < 4.78 is 0.696. The topological polar surface area (TPSA) is 59.9 Å². The molecule has 128 valence electrons. The second-order valence-electron chi connectivity index (χ2n) is 6.46. The van der Waals surface area contributed by atoms with E-state index in [1.165, 1.54) is 24.2 Å². The molecule has 3 rings (SSSR count). The second kappa shape index (κ2) is 7.38. The highest BCUT2D eigenvalue weighted by molar-refractivity contribution is 7.16. The Kier molecular flexibility index (Phi) is 5.46. The van der Waals surface area contributed by atoms with Crippen molar-refractivity contribution in [1.82, 2.24) is 15.5 Å². The van der Waals surface area contributed by atoms with Crippen molar-refractivity contribution in [3.8, 4) is 0 Å². The van der Waals surface area contributed by atoms with E-state index in [4.69, 9.17) is 11.6 Å². The van der Waals surface area contributed by atoms with Crippen LogP contribution in [0.4, 0.5) is 0 Å². The van der Waals surface area contributed by atoms with Gasteiger partial charge in [0.25, 0.3) is 0 Å². The first-order chi connectivity index (χ1) is 11.1. The number of nitrogens with zero attached hydrogens (tertiary/aromatic N) is 2. The van der Waals surface area contributed by atoms with Gasteiger partial charge in [-0.3, -0.25) is 9.89 Å². The molecule has 1 aliphatic carbocycles. The maximum absolute atomic E-state index is 10.2. The Morgan fingerprint density at radius 3 is 2.91 bits per heavy atom. The van der Waals surface area contributed by atoms with Gasteiger partial charge in [-0.25, -0.2) is 0 Å². The Morgan fingerprint density at radius 1 is 1.52 bits per heavy atom. The van der Waals surface area contributed by atoms with E-state index in [0.29, 0.717) is 23.0 Å². The van der Waals surface area contributed by atoms with Gasteiger partial charge in [-0.15, -0.1) is 11.3 Å². The monoisotopic (exact) mass is 356 g/mol. The van der Waals surface area contributed by atoms with E-state index in [1.807, 2.05) is 12.1 Å². The van der Waals surface area contributed by atoms with Crippen LogP contribution < -0.4 is 10.6 Å². The normalized spacial score (nSPS) is 27.2. The maximum Gasteiger partial charge on any atom is 0.191 e. The number of halogens is 1. The van der Waals surface area contributed by atoms with Crippen LogP contribution in [0.5, 0.6) is 0 Å². The Hall–Kier alpha value is -0.820. The molecule has 1 saturated heterocycles. The van der Waals surface area contributed by atoms with Crippen LogP contribution in [0.1, 0.15) is 37.2 Å². The average Bonchev–Trinajstić information content (AvgIpc) is 3.18. The molecule has 7 heteroatoms. The summed E-state index contributed by atoms with van der Waals surface area (Å²) in [5.41, 5.74) is 0. The molecule has 3 unspecified atom stereocenters. The summed E-state index contributed by atoms with van der Waals surface area (Å²) in [5.74, 6) is 0.751. The van der Waals surface area contributed by atoms with E-state index < -0.39 is 6.10 Å². The molecule has 2 heterocycles. The molecule has 1 aromatic heterocycles. The summed E-state index contributed by atoms with van der Waals surface area (Å²) in [6, 6.07) is 5.53. The third-order valence-electron chi connectivity index (χ3n) is 4.59. The van der Waals surface area contributed by atoms with Crippen molar-refractivity contribution in [3.63, 3.8) is 0 Å². The fourth-order valence-electron chi connectivity index (χ4n) is 3.27. The van der Waals surface area contributed by atoms with Crippen molar-refractivity contribution in [2.75, 3.05) is 20.1 Å². The Bertz CT molecular complexity index is 560. The zero-order valence-electron chi connectivity index (χ0n) is 13.6. The predicted octanol–water partition coefficient (Wildman–Crippen LogP) is 2.23. The first-order valence-corrected chi connectivity index (χ1v) is 9.42. The molecule has 1 saturated carbocycles. The van der Waals surface area contributed by atoms with Gasteiger partial charge >= 0.3 is 0 Å². The van der Waals surface area contributed by atoms with E-state index in [-0.39, 0.29) is 0 Å². The van der Waals surface area contributed by atoms with Crippen molar-refractivity contribution >= 4 is 28.9 Å². The lowest BCUT2D eigenvalue weighted by molar-refractivity contribution is 0.184. The molecule has 0 bridgehead atoms. The molecule has 0 radical (unpaired) electrons. The molecule has 0 spiro atoms. The van der Waals surface area contributed by atoms with Gasteiger partial charge in [0.2, 0.25) is 0 Å². The van der Waals surface area contributed by atoms with Crippen molar-refractivity contribution in [3.05, 3.63) is 21.3 Å². The third kappa shape index (κ3) is 4.38. The molecular weight excluding hydrogens is 332 g/mol. The number of aliphatic hydroxyl groups excluding tert-OH is 1. The molecule has 2 aliphatic rings. The highest BCUT2D eigenvalue weighted by Crippen LogP contribution is 2.33. The van der Waals surface area contributed by atoms with Crippen LogP contribution >= 0.6 is 22.9 Å². The van der Waals surface area contributed by atoms with Gasteiger partial charge in [0, 0.05) is 43.1 Å². The number of guanidine groups is 1. The lowest BCUT2D eigenvalue weighted by Gasteiger charge is -2.20. The molecule has 3 N–H and O–H groups in total. The number of hydrogen-bond donors (Lipinski definition) is 3. The first-order valence-electron chi connectivity index (χ1n) is 8.23. The van der Waals surface area contributed by atoms with E-state index in [2.05, 4.69) is 27.4 Å². The molecule has 1 aromatic rings. The van der Waals surface area contributed by atoms with Crippen molar-refractivity contribution in [1.29, 1.82) is 0 Å². The Morgan fingerprint density at radius 2 is 2.30 bits per heavy atom. The fourth-order valence-corrected chi connectivity index (χ4v) is 4.31. The maximum atomic E-state index is 10.2. The smallest absolute Gasteiger partial charge is 0.191 e. The van der Waals surface area contributed by atoms with Gasteiger partial charge in [0.15, 0.2) is 5.96 Å². The predicted molar refractivity (Wildman–Crippen MR) is 96.4 cm³/mol. The van der Waals surface area contributed by atoms with Crippen LogP contribution in [0, 0.1) is 0 Å². The van der Waals surface area contributed by atoms with Crippen LogP contribution in [-0.4, -0.2) is 54.2 Å². The SMILES string of the molecule is CN=C(NCC(O)c1ccc(Cl)s1)NC1CC(C)N(C2CC2)C1. The number of likely N-dealkylation sites (tertiary alicyclic amines) is 1. The minimum absolute atomic E-state index is 0.421. The summed E-state index contributed by atoms with van der Waals surface area (Å²) in [7, 11) is 1.76. The number of nitrogens with one attached hydrogen (secondary N) is 2. The molecular formula is C16H25ClN4OS. The lowest BCUT2D eigenvalue weighted by Crippen LogP contribution is -2.45. The van der Waals surface area contributed by atoms with Gasteiger partial charge in [-0.1, -0.05) is 11.6 Å². The molecule has 23 heavy (non-hydrogen) atoms. The van der Waals surface area contributed by atoms with Gasteiger partial charge in [-0.2, -0.15) is 0 Å². The number of aliphatic imine (C=N–C) groups is 1. The summed E-state index contributed by atoms with van der Waals surface area (Å²) in [6.45, 7) is 3.81. The fraction of sp³-hybridized carbons (Fsp3) is 0.688. The molecule has 0 amide bonds. The molecule has 1 aliphatic heterocycles. The Balaban J connectivity index is 1.47. The van der Waals surface area contributed by atoms with Crippen LogP contribution in [0.15, 0.2) is 17.1 Å². The minimum Gasteiger partial charge on any atom is -0.386 e. The molecule has 2 fully saturated rings. The summed E-state index contributed by atoms with van der Waals surface area (Å²) in [5, 5.41) is 16.9. The summed E-state index contributed by atoms with van der Waals surface area (Å²) in [6.07, 6.45) is 3.26. The average molecular weight is 357 g/mol. The van der Waals surface area contributed by atoms with Gasteiger partial charge in [0.05, 0.1) is 4.34 Å². The highest BCUT2D eigenvalue weighted by atomic mass is 35.5. The van der Waals surface area contributed by atoms with E-state index in [0.717, 1.165) is 29.8 Å². The Labute approximate surface area is 146 Å². The van der Waals surface area contributed by atoms with E-state index >= 15 is 0 Å². The molecule has 5 nitrogen and oxygen atoms in total. The van der Waals surface area contributed by atoms with Gasteiger partial charge in [-0.05, 0) is 38.3 Å². The van der Waals surface area contributed by atoms with Crippen LogP contribution in [-0.2, 0) is 0 Å². The highest BCUT2D eigenvalue weighted by Gasteiger charge is 2.38. The largest absolute Gasteiger partial charge is 0.386 e. The number of thiophene rings is 1. The molecule has 3 atom stereocenters. The van der Waals surface area contributed by atoms with Crippen molar-refractivity contribution in [2.24, 2.45) is 4.99 Å². The summed E-state index contributed by atoms with van der Waals surface area (Å²) in [4.78, 5) is 7.75. The van der Waals surface area contributed by atoms with Gasteiger partial charge in [0.1, 0.15) is 6.10 Å². The van der Waals surface area contributed by atoms with Crippen LogP contribution in [0.25, 0.3) is 0 Å². The van der Waals surface area contributed by atoms with Crippen LogP contribution in [0.3, 0.4) is 0 Å². The quantitative estimate of drug-likeness (QED) is 0.559.